The molecule has 0 heterocycles. The Balaban J connectivity index is 5.75. The molecule has 0 fully saturated rings. The summed E-state index contributed by atoms with van der Waals surface area (Å²) in [7, 11) is -5.13. The minimum absolute atomic E-state index is 0.0267. The van der Waals surface area contributed by atoms with Crippen LogP contribution >= 0.6 is 7.37 Å². The molecule has 0 aliphatic carbocycles. The van der Waals surface area contributed by atoms with E-state index in [4.69, 9.17) is 19.7 Å². The summed E-state index contributed by atoms with van der Waals surface area (Å²) in [6, 6.07) is -1.11. The van der Waals surface area contributed by atoms with Crippen molar-refractivity contribution in [2.75, 3.05) is 19.8 Å². The topological polar surface area (TPSA) is 117 Å². The number of rotatable bonds is 13. The Hall–Kier alpha value is -0.310. The van der Waals surface area contributed by atoms with Crippen LogP contribution in [0.3, 0.4) is 0 Å². The molecule has 0 aromatic rings. The van der Waals surface area contributed by atoms with Gasteiger partial charge in [0.25, 0.3) is 7.37 Å². The zero-order chi connectivity index (χ0) is 19.7. The van der Waals surface area contributed by atoms with E-state index in [-0.39, 0.29) is 32.7 Å². The van der Waals surface area contributed by atoms with Crippen LogP contribution in [-0.2, 0) is 34.3 Å². The first kappa shape index (κ1) is 24.7. The van der Waals surface area contributed by atoms with Crippen LogP contribution in [0.25, 0.3) is 0 Å². The lowest BCUT2D eigenvalue weighted by atomic mass is 10.3. The van der Waals surface area contributed by atoms with Gasteiger partial charge in [-0.2, -0.15) is 0 Å². The fourth-order valence-corrected chi connectivity index (χ4v) is 5.73. The third kappa shape index (κ3) is 8.28. The second-order valence-electron chi connectivity index (χ2n) is 6.30. The van der Waals surface area contributed by atoms with Gasteiger partial charge in [0.05, 0.1) is 22.3 Å². The molecule has 0 spiro atoms. The molecular formula is C15H33N2O6PS. The van der Waals surface area contributed by atoms with E-state index >= 15 is 0 Å². The summed E-state index contributed by atoms with van der Waals surface area (Å²) in [6.07, 6.45) is 0.0755. The first-order chi connectivity index (χ1) is 11.5. The average molecular weight is 400 g/mol. The normalized spacial score (nSPS) is 17.2. The number of nitrogens with two attached hydrogens (primary N) is 1. The molecule has 150 valence electrons. The predicted octanol–water partition coefficient (Wildman–Crippen LogP) is 2.30. The lowest BCUT2D eigenvalue weighted by molar-refractivity contribution is -0.118. The van der Waals surface area contributed by atoms with Crippen LogP contribution in [0.5, 0.6) is 0 Å². The van der Waals surface area contributed by atoms with Crippen molar-refractivity contribution in [2.24, 2.45) is 5.73 Å². The molecule has 1 unspecified atom stereocenters. The van der Waals surface area contributed by atoms with Crippen molar-refractivity contribution in [3.63, 3.8) is 0 Å². The van der Waals surface area contributed by atoms with Gasteiger partial charge in [-0.1, -0.05) is 0 Å². The lowest BCUT2D eigenvalue weighted by Crippen LogP contribution is -2.42. The minimum atomic E-state index is -3.61. The molecular weight excluding hydrogens is 367 g/mol. The Morgan fingerprint density at radius 3 is 2.04 bits per heavy atom. The lowest BCUT2D eigenvalue weighted by Gasteiger charge is -2.34. The van der Waals surface area contributed by atoms with Gasteiger partial charge in [0.1, 0.15) is 5.78 Å². The molecule has 0 rings (SSSR count). The van der Waals surface area contributed by atoms with E-state index in [2.05, 4.69) is 4.72 Å². The summed E-state index contributed by atoms with van der Waals surface area (Å²) in [5.74, 6) is -1.43. The highest BCUT2D eigenvalue weighted by Gasteiger charge is 2.45. The predicted molar refractivity (Wildman–Crippen MR) is 99.5 cm³/mol. The van der Waals surface area contributed by atoms with Crippen LogP contribution in [0.15, 0.2) is 0 Å². The van der Waals surface area contributed by atoms with E-state index in [1.165, 1.54) is 0 Å². The highest BCUT2D eigenvalue weighted by molar-refractivity contribution is 7.84. The van der Waals surface area contributed by atoms with Gasteiger partial charge in [0, 0.05) is 19.6 Å². The molecule has 0 aliphatic rings. The van der Waals surface area contributed by atoms with Crippen molar-refractivity contribution >= 4 is 24.3 Å². The quantitative estimate of drug-likeness (QED) is 0.362. The number of primary amides is 1. The standard InChI is InChI=1S/C15H33N2O6PS/c1-7-21-14(22-8-2)24(19,23-9-3)13(11-10-12(16)18)17-25(20)15(4,5)6/h13-14,17H,7-11H2,1-6H3,(H2,16,18)/t13-,24?,25+/m1/s1. The number of nitrogens with one attached hydrogen (secondary N) is 1. The monoisotopic (exact) mass is 400 g/mol. The van der Waals surface area contributed by atoms with Crippen molar-refractivity contribution in [1.82, 2.24) is 4.72 Å². The van der Waals surface area contributed by atoms with E-state index in [1.54, 1.807) is 41.5 Å². The summed E-state index contributed by atoms with van der Waals surface area (Å²) in [4.78, 5) is 11.2. The van der Waals surface area contributed by atoms with Crippen LogP contribution in [0.1, 0.15) is 54.4 Å². The molecule has 3 atom stereocenters. The van der Waals surface area contributed by atoms with Gasteiger partial charge in [-0.05, 0) is 48.0 Å². The van der Waals surface area contributed by atoms with Crippen molar-refractivity contribution in [2.45, 2.75) is 70.9 Å². The first-order valence-corrected chi connectivity index (χ1v) is 11.4. The van der Waals surface area contributed by atoms with Crippen LogP contribution in [-0.4, -0.2) is 46.5 Å². The summed E-state index contributed by atoms with van der Waals surface area (Å²) in [5.41, 5.74) is 5.23. The van der Waals surface area contributed by atoms with Crippen molar-refractivity contribution < 1.29 is 27.6 Å². The highest BCUT2D eigenvalue weighted by Crippen LogP contribution is 2.57. The Morgan fingerprint density at radius 1 is 1.16 bits per heavy atom. The number of carbonyl (C=O) groups is 1. The van der Waals surface area contributed by atoms with Gasteiger partial charge in [-0.15, -0.1) is 0 Å². The Labute approximate surface area is 153 Å². The van der Waals surface area contributed by atoms with Crippen LogP contribution in [0.4, 0.5) is 0 Å². The maximum absolute atomic E-state index is 13.6. The van der Waals surface area contributed by atoms with Crippen LogP contribution in [0.2, 0.25) is 0 Å². The Kier molecular flexibility index (Phi) is 11.3. The van der Waals surface area contributed by atoms with Crippen molar-refractivity contribution in [1.29, 1.82) is 0 Å². The number of ether oxygens (including phenoxy) is 2. The van der Waals surface area contributed by atoms with E-state index < -0.39 is 40.8 Å². The summed E-state index contributed by atoms with van der Waals surface area (Å²) >= 11 is 0. The maximum atomic E-state index is 13.6. The molecule has 0 aliphatic heterocycles. The summed E-state index contributed by atoms with van der Waals surface area (Å²) < 4.78 is 45.0. The zero-order valence-electron chi connectivity index (χ0n) is 16.1. The number of hydrogen-bond acceptors (Lipinski definition) is 6. The Bertz CT molecular complexity index is 477. The van der Waals surface area contributed by atoms with Gasteiger partial charge in [-0.25, -0.2) is 8.93 Å². The summed E-state index contributed by atoms with van der Waals surface area (Å²) in [5, 5.41) is 0. The van der Waals surface area contributed by atoms with E-state index in [9.17, 15) is 13.6 Å². The molecule has 0 radical (unpaired) electrons. The maximum Gasteiger partial charge on any atom is 0.274 e. The molecule has 1 amide bonds. The number of amides is 1. The van der Waals surface area contributed by atoms with Gasteiger partial charge >= 0.3 is 0 Å². The first-order valence-electron chi connectivity index (χ1n) is 8.46. The molecule has 0 aromatic heterocycles. The Morgan fingerprint density at radius 2 is 1.68 bits per heavy atom. The van der Waals surface area contributed by atoms with Gasteiger partial charge < -0.3 is 19.7 Å². The largest absolute Gasteiger partial charge is 0.370 e. The van der Waals surface area contributed by atoms with Crippen LogP contribution in [0, 0.1) is 0 Å². The smallest absolute Gasteiger partial charge is 0.274 e. The molecule has 0 saturated carbocycles. The molecule has 0 saturated heterocycles. The molecule has 10 heteroatoms. The molecule has 3 N–H and O–H groups in total. The fourth-order valence-electron chi connectivity index (χ4n) is 1.93. The molecule has 8 nitrogen and oxygen atoms in total. The van der Waals surface area contributed by atoms with E-state index in [1.807, 2.05) is 0 Å². The van der Waals surface area contributed by atoms with Crippen molar-refractivity contribution in [3.05, 3.63) is 0 Å². The van der Waals surface area contributed by atoms with Crippen molar-refractivity contribution in [3.8, 4) is 0 Å². The van der Waals surface area contributed by atoms with Gasteiger partial charge in [0.2, 0.25) is 11.9 Å². The highest BCUT2D eigenvalue weighted by atomic mass is 32.2. The number of carbonyl (C=O) groups excluding carboxylic acids is 1. The average Bonchev–Trinajstić information content (AvgIpc) is 2.49. The van der Waals surface area contributed by atoms with E-state index in [0.29, 0.717) is 0 Å². The molecule has 25 heavy (non-hydrogen) atoms. The molecule has 0 aromatic carbocycles. The van der Waals surface area contributed by atoms with Gasteiger partial charge in [0.15, 0.2) is 0 Å². The SMILES string of the molecule is CCOC(OCC)P(=O)(OCC)[C@H](CCC(N)=O)N[S@@](=O)C(C)(C)C. The van der Waals surface area contributed by atoms with Gasteiger partial charge in [-0.3, -0.25) is 9.36 Å². The second kappa shape index (κ2) is 11.4. The second-order valence-corrected chi connectivity index (χ2v) is 10.9. The fraction of sp³-hybridized carbons (Fsp3) is 0.933. The van der Waals surface area contributed by atoms with Crippen LogP contribution < -0.4 is 10.5 Å². The number of hydrogen-bond donors (Lipinski definition) is 2. The molecule has 0 bridgehead atoms. The zero-order valence-corrected chi connectivity index (χ0v) is 17.8. The third-order valence-electron chi connectivity index (χ3n) is 3.14. The minimum Gasteiger partial charge on any atom is -0.370 e. The summed E-state index contributed by atoms with van der Waals surface area (Å²) in [6.45, 7) is 11.3. The third-order valence-corrected chi connectivity index (χ3v) is 7.73. The van der Waals surface area contributed by atoms with E-state index in [0.717, 1.165) is 0 Å².